The van der Waals surface area contributed by atoms with E-state index in [-0.39, 0.29) is 0 Å². The largest absolute Gasteiger partial charge is 0.491 e. The highest BCUT2D eigenvalue weighted by atomic mass is 19.4. The van der Waals surface area contributed by atoms with Gasteiger partial charge in [0, 0.05) is 7.11 Å². The summed E-state index contributed by atoms with van der Waals surface area (Å²) in [6, 6.07) is 8.30. The van der Waals surface area contributed by atoms with E-state index in [1.54, 1.807) is 30.3 Å². The average Bonchev–Trinajstić information content (AvgIpc) is 2.18. The van der Waals surface area contributed by atoms with E-state index in [0.717, 1.165) is 7.11 Å². The number of hydrogen-bond donors (Lipinski definition) is 0. The summed E-state index contributed by atoms with van der Waals surface area (Å²) < 4.78 is 45.9. The van der Waals surface area contributed by atoms with Crippen LogP contribution in [0.2, 0.25) is 0 Å². The normalized spacial score (nSPS) is 13.6. The maximum atomic E-state index is 12.2. The van der Waals surface area contributed by atoms with Gasteiger partial charge in [0.25, 0.3) is 0 Å². The van der Waals surface area contributed by atoms with Crippen LogP contribution in [0.5, 0.6) is 5.75 Å². The first kappa shape index (κ1) is 11.8. The molecule has 0 radical (unpaired) electrons. The summed E-state index contributed by atoms with van der Waals surface area (Å²) in [6.45, 7) is -0.538. The molecule has 0 saturated heterocycles. The van der Waals surface area contributed by atoms with Crippen LogP contribution in [0, 0.1) is 0 Å². The van der Waals surface area contributed by atoms with E-state index in [0.29, 0.717) is 5.75 Å². The standard InChI is InChI=1S/C10H11F3O2/c1-14-9(10(11,12)13)7-15-8-5-3-2-4-6-8/h2-6,9H,7H2,1H3. The molecule has 1 aromatic rings. The van der Waals surface area contributed by atoms with Gasteiger partial charge in [-0.2, -0.15) is 13.2 Å². The highest BCUT2D eigenvalue weighted by molar-refractivity contribution is 5.20. The van der Waals surface area contributed by atoms with Crippen LogP contribution in [-0.2, 0) is 4.74 Å². The van der Waals surface area contributed by atoms with Crippen LogP contribution in [0.4, 0.5) is 13.2 Å². The van der Waals surface area contributed by atoms with Gasteiger partial charge in [-0.3, -0.25) is 0 Å². The van der Waals surface area contributed by atoms with Crippen molar-refractivity contribution in [2.75, 3.05) is 13.7 Å². The molecule has 0 aliphatic heterocycles. The number of para-hydroxylation sites is 1. The molecule has 84 valence electrons. The summed E-state index contributed by atoms with van der Waals surface area (Å²) in [4.78, 5) is 0. The lowest BCUT2D eigenvalue weighted by Gasteiger charge is -2.18. The SMILES string of the molecule is COC(COc1ccccc1)C(F)(F)F. The smallest absolute Gasteiger partial charge is 0.417 e. The second-order valence-electron chi connectivity index (χ2n) is 2.89. The van der Waals surface area contributed by atoms with Gasteiger partial charge in [-0.15, -0.1) is 0 Å². The molecule has 0 aliphatic carbocycles. The quantitative estimate of drug-likeness (QED) is 0.776. The van der Waals surface area contributed by atoms with Crippen LogP contribution in [0.1, 0.15) is 0 Å². The third kappa shape index (κ3) is 3.79. The number of methoxy groups -OCH3 is 1. The van der Waals surface area contributed by atoms with E-state index < -0.39 is 18.9 Å². The van der Waals surface area contributed by atoms with Gasteiger partial charge in [0.1, 0.15) is 12.4 Å². The molecule has 2 nitrogen and oxygen atoms in total. The van der Waals surface area contributed by atoms with Gasteiger partial charge < -0.3 is 9.47 Å². The molecule has 0 heterocycles. The Labute approximate surface area is 85.6 Å². The molecule has 1 aromatic carbocycles. The maximum absolute atomic E-state index is 12.2. The van der Waals surface area contributed by atoms with E-state index >= 15 is 0 Å². The van der Waals surface area contributed by atoms with Gasteiger partial charge in [-0.05, 0) is 12.1 Å². The van der Waals surface area contributed by atoms with Crippen molar-refractivity contribution in [1.82, 2.24) is 0 Å². The van der Waals surface area contributed by atoms with Gasteiger partial charge in [0.15, 0.2) is 6.10 Å². The van der Waals surface area contributed by atoms with Gasteiger partial charge in [0.2, 0.25) is 0 Å². The maximum Gasteiger partial charge on any atom is 0.417 e. The van der Waals surface area contributed by atoms with E-state index in [2.05, 4.69) is 4.74 Å². The molecule has 0 aliphatic rings. The molecule has 0 N–H and O–H groups in total. The van der Waals surface area contributed by atoms with E-state index in [4.69, 9.17) is 4.74 Å². The van der Waals surface area contributed by atoms with Gasteiger partial charge in [0.05, 0.1) is 0 Å². The van der Waals surface area contributed by atoms with Crippen LogP contribution >= 0.6 is 0 Å². The first-order valence-corrected chi connectivity index (χ1v) is 4.31. The molecule has 0 bridgehead atoms. The predicted molar refractivity (Wildman–Crippen MR) is 48.8 cm³/mol. The van der Waals surface area contributed by atoms with Crippen molar-refractivity contribution in [3.05, 3.63) is 30.3 Å². The van der Waals surface area contributed by atoms with Gasteiger partial charge in [-0.25, -0.2) is 0 Å². The van der Waals surface area contributed by atoms with Gasteiger partial charge >= 0.3 is 6.18 Å². The number of rotatable bonds is 4. The molecule has 0 fully saturated rings. The predicted octanol–water partition coefficient (Wildman–Crippen LogP) is 2.64. The molecular weight excluding hydrogens is 209 g/mol. The van der Waals surface area contributed by atoms with Crippen molar-refractivity contribution < 1.29 is 22.6 Å². The summed E-state index contributed by atoms with van der Waals surface area (Å²) in [6.07, 6.45) is -6.29. The lowest BCUT2D eigenvalue weighted by atomic mass is 10.3. The van der Waals surface area contributed by atoms with Crippen LogP contribution in [0.25, 0.3) is 0 Å². The van der Waals surface area contributed by atoms with Crippen LogP contribution in [0.3, 0.4) is 0 Å². The number of alkyl halides is 3. The Balaban J connectivity index is 2.49. The molecule has 0 spiro atoms. The highest BCUT2D eigenvalue weighted by Crippen LogP contribution is 2.23. The Kier molecular flexibility index (Phi) is 3.96. The summed E-state index contributed by atoms with van der Waals surface area (Å²) in [5.41, 5.74) is 0. The van der Waals surface area contributed by atoms with Gasteiger partial charge in [-0.1, -0.05) is 18.2 Å². The number of benzene rings is 1. The average molecular weight is 220 g/mol. The van der Waals surface area contributed by atoms with Crippen LogP contribution in [-0.4, -0.2) is 26.0 Å². The monoisotopic (exact) mass is 220 g/mol. The van der Waals surface area contributed by atoms with Crippen molar-refractivity contribution >= 4 is 0 Å². The Morgan fingerprint density at radius 3 is 2.27 bits per heavy atom. The molecule has 0 amide bonds. The second-order valence-corrected chi connectivity index (χ2v) is 2.89. The molecule has 0 saturated carbocycles. The van der Waals surface area contributed by atoms with Crippen molar-refractivity contribution in [2.45, 2.75) is 12.3 Å². The lowest BCUT2D eigenvalue weighted by Crippen LogP contribution is -2.36. The number of ether oxygens (including phenoxy) is 2. The molecule has 0 aromatic heterocycles. The Hall–Kier alpha value is -1.23. The first-order chi connectivity index (χ1) is 7.04. The fraction of sp³-hybridized carbons (Fsp3) is 0.400. The van der Waals surface area contributed by atoms with E-state index in [1.165, 1.54) is 0 Å². The molecule has 1 rings (SSSR count). The minimum atomic E-state index is -4.40. The lowest BCUT2D eigenvalue weighted by molar-refractivity contribution is -0.219. The summed E-state index contributed by atoms with van der Waals surface area (Å²) in [7, 11) is 1.01. The minimum Gasteiger partial charge on any atom is -0.491 e. The number of halogens is 3. The molecular formula is C10H11F3O2. The third-order valence-corrected chi connectivity index (χ3v) is 1.79. The van der Waals surface area contributed by atoms with Crippen LogP contribution < -0.4 is 4.74 Å². The van der Waals surface area contributed by atoms with Crippen LogP contribution in [0.15, 0.2) is 30.3 Å². The summed E-state index contributed by atoms with van der Waals surface area (Å²) in [5.74, 6) is 0.392. The Morgan fingerprint density at radius 2 is 1.80 bits per heavy atom. The summed E-state index contributed by atoms with van der Waals surface area (Å²) in [5, 5.41) is 0. The van der Waals surface area contributed by atoms with Crippen molar-refractivity contribution in [1.29, 1.82) is 0 Å². The number of hydrogen-bond acceptors (Lipinski definition) is 2. The van der Waals surface area contributed by atoms with Crippen molar-refractivity contribution in [3.63, 3.8) is 0 Å². The third-order valence-electron chi connectivity index (χ3n) is 1.79. The molecule has 1 unspecified atom stereocenters. The Morgan fingerprint density at radius 1 is 1.20 bits per heavy atom. The molecule has 5 heteroatoms. The van der Waals surface area contributed by atoms with E-state index in [9.17, 15) is 13.2 Å². The summed E-state index contributed by atoms with van der Waals surface area (Å²) >= 11 is 0. The molecule has 15 heavy (non-hydrogen) atoms. The fourth-order valence-electron chi connectivity index (χ4n) is 0.985. The zero-order valence-electron chi connectivity index (χ0n) is 8.12. The first-order valence-electron chi connectivity index (χ1n) is 4.31. The van der Waals surface area contributed by atoms with Crippen molar-refractivity contribution in [2.24, 2.45) is 0 Å². The zero-order valence-corrected chi connectivity index (χ0v) is 8.12. The molecule has 1 atom stereocenters. The fourth-order valence-corrected chi connectivity index (χ4v) is 0.985. The van der Waals surface area contributed by atoms with Crippen molar-refractivity contribution in [3.8, 4) is 5.75 Å². The topological polar surface area (TPSA) is 18.5 Å². The second kappa shape index (κ2) is 5.02. The Bertz CT molecular complexity index is 284. The minimum absolute atomic E-state index is 0.392. The highest BCUT2D eigenvalue weighted by Gasteiger charge is 2.40. The zero-order chi connectivity index (χ0) is 11.3. The van der Waals surface area contributed by atoms with E-state index in [1.807, 2.05) is 0 Å².